The van der Waals surface area contributed by atoms with Gasteiger partial charge < -0.3 is 15.6 Å². The Morgan fingerprint density at radius 2 is 1.74 bits per heavy atom. The first-order chi connectivity index (χ1) is 12.6. The minimum atomic E-state index is -0.842. The van der Waals surface area contributed by atoms with Gasteiger partial charge in [0.25, 0.3) is 0 Å². The third kappa shape index (κ3) is 4.27. The van der Waals surface area contributed by atoms with Gasteiger partial charge in [0.1, 0.15) is 0 Å². The topological polar surface area (TPSA) is 55.5 Å². The molecule has 0 aliphatic heterocycles. The van der Waals surface area contributed by atoms with Crippen LogP contribution >= 0.6 is 0 Å². The minimum absolute atomic E-state index is 0.0801. The maximum atomic E-state index is 15.0. The molecular weight excluding hydrogens is 341 g/mol. The lowest BCUT2D eigenvalue weighted by Crippen LogP contribution is -2.36. The molecule has 2 aromatic rings. The van der Waals surface area contributed by atoms with E-state index >= 15 is 0 Å². The van der Waals surface area contributed by atoms with Gasteiger partial charge in [0, 0.05) is 5.39 Å². The summed E-state index contributed by atoms with van der Waals surface area (Å²) in [4.78, 5) is 0. The lowest BCUT2D eigenvalue weighted by Gasteiger charge is -2.37. The molecule has 0 aromatic heterocycles. The molecule has 1 saturated carbocycles. The zero-order chi connectivity index (χ0) is 19.8. The van der Waals surface area contributed by atoms with Crippen LogP contribution in [0.1, 0.15) is 58.9 Å². The van der Waals surface area contributed by atoms with Gasteiger partial charge >= 0.3 is 0 Å². The SMILES string of the molecule is CC(C)(C)C1CCC(Oc2ccc3cc([C@@](C)(N)CO)ccc3c2F)CC1. The average Bonchev–Trinajstić information content (AvgIpc) is 2.63. The number of hydrogen-bond donors (Lipinski definition) is 2. The zero-order valence-corrected chi connectivity index (χ0v) is 16.9. The van der Waals surface area contributed by atoms with Crippen molar-refractivity contribution >= 4 is 10.8 Å². The van der Waals surface area contributed by atoms with Crippen molar-refractivity contribution in [1.82, 2.24) is 0 Å². The molecule has 0 bridgehead atoms. The third-order valence-corrected chi connectivity index (χ3v) is 6.10. The van der Waals surface area contributed by atoms with Gasteiger partial charge in [0.05, 0.1) is 18.2 Å². The number of aliphatic hydroxyl groups excluding tert-OH is 1. The van der Waals surface area contributed by atoms with Crippen LogP contribution in [-0.2, 0) is 5.54 Å². The molecule has 0 saturated heterocycles. The predicted molar refractivity (Wildman–Crippen MR) is 108 cm³/mol. The standard InChI is InChI=1S/C23H32FNO2/c1-22(2,3)16-6-9-18(10-7-16)27-20-12-5-15-13-17(23(4,25)14-26)8-11-19(15)21(20)24/h5,8,11-13,16,18,26H,6-7,9-10,14,25H2,1-4H3/t16?,18?,23-/m0/s1. The lowest BCUT2D eigenvalue weighted by molar-refractivity contribution is 0.0856. The van der Waals surface area contributed by atoms with E-state index in [4.69, 9.17) is 10.5 Å². The second-order valence-corrected chi connectivity index (χ2v) is 9.35. The third-order valence-electron chi connectivity index (χ3n) is 6.10. The fourth-order valence-corrected chi connectivity index (χ4v) is 4.04. The van der Waals surface area contributed by atoms with Crippen LogP contribution in [0.4, 0.5) is 4.39 Å². The number of hydrogen-bond acceptors (Lipinski definition) is 3. The Morgan fingerprint density at radius 1 is 1.07 bits per heavy atom. The van der Waals surface area contributed by atoms with E-state index in [-0.39, 0.29) is 18.5 Å². The molecule has 0 heterocycles. The summed E-state index contributed by atoms with van der Waals surface area (Å²) in [7, 11) is 0. The van der Waals surface area contributed by atoms with Crippen molar-refractivity contribution in [2.75, 3.05) is 6.61 Å². The molecule has 1 aliphatic carbocycles. The summed E-state index contributed by atoms with van der Waals surface area (Å²) in [6, 6.07) is 8.92. The molecule has 3 N–H and O–H groups in total. The van der Waals surface area contributed by atoms with Gasteiger partial charge in [0.15, 0.2) is 11.6 Å². The van der Waals surface area contributed by atoms with E-state index in [0.717, 1.165) is 36.6 Å². The normalized spacial score (nSPS) is 23.2. The van der Waals surface area contributed by atoms with E-state index in [1.165, 1.54) is 0 Å². The molecule has 0 unspecified atom stereocenters. The monoisotopic (exact) mass is 373 g/mol. The van der Waals surface area contributed by atoms with Gasteiger partial charge in [-0.2, -0.15) is 0 Å². The van der Waals surface area contributed by atoms with Crippen molar-refractivity contribution < 1.29 is 14.2 Å². The first kappa shape index (κ1) is 20.1. The van der Waals surface area contributed by atoms with E-state index in [2.05, 4.69) is 20.8 Å². The summed E-state index contributed by atoms with van der Waals surface area (Å²) in [5.74, 6) is 0.709. The number of aliphatic hydroxyl groups is 1. The first-order valence-electron chi connectivity index (χ1n) is 9.91. The van der Waals surface area contributed by atoms with Crippen molar-refractivity contribution in [1.29, 1.82) is 0 Å². The Bertz CT molecular complexity index is 802. The lowest BCUT2D eigenvalue weighted by atomic mass is 9.72. The molecule has 1 fully saturated rings. The van der Waals surface area contributed by atoms with Gasteiger partial charge in [0.2, 0.25) is 0 Å². The van der Waals surface area contributed by atoms with Gasteiger partial charge in [-0.1, -0.05) is 39.0 Å². The van der Waals surface area contributed by atoms with Crippen molar-refractivity contribution in [2.24, 2.45) is 17.1 Å². The van der Waals surface area contributed by atoms with Gasteiger partial charge in [-0.25, -0.2) is 4.39 Å². The number of nitrogens with two attached hydrogens (primary N) is 1. The molecular formula is C23H32FNO2. The Labute approximate surface area is 161 Å². The van der Waals surface area contributed by atoms with Crippen LogP contribution in [0, 0.1) is 17.2 Å². The molecule has 148 valence electrons. The summed E-state index contributed by atoms with van der Waals surface area (Å²) in [5.41, 5.74) is 6.36. The minimum Gasteiger partial charge on any atom is -0.487 e. The fraction of sp³-hybridized carbons (Fsp3) is 0.565. The Kier molecular flexibility index (Phi) is 5.51. The highest BCUT2D eigenvalue weighted by Gasteiger charge is 2.31. The van der Waals surface area contributed by atoms with Crippen LogP contribution in [0.5, 0.6) is 5.75 Å². The summed E-state index contributed by atoms with van der Waals surface area (Å²) in [5, 5.41) is 10.7. The highest BCUT2D eigenvalue weighted by molar-refractivity contribution is 5.85. The zero-order valence-electron chi connectivity index (χ0n) is 16.9. The van der Waals surface area contributed by atoms with Crippen LogP contribution in [0.2, 0.25) is 0 Å². The van der Waals surface area contributed by atoms with Gasteiger partial charge in [-0.05, 0) is 67.0 Å². The molecule has 0 spiro atoms. The van der Waals surface area contributed by atoms with Crippen LogP contribution in [0.25, 0.3) is 10.8 Å². The highest BCUT2D eigenvalue weighted by atomic mass is 19.1. The molecule has 3 nitrogen and oxygen atoms in total. The number of benzene rings is 2. The van der Waals surface area contributed by atoms with Gasteiger partial charge in [-0.15, -0.1) is 0 Å². The van der Waals surface area contributed by atoms with E-state index in [1.807, 2.05) is 12.1 Å². The smallest absolute Gasteiger partial charge is 0.172 e. The van der Waals surface area contributed by atoms with E-state index in [0.29, 0.717) is 22.5 Å². The van der Waals surface area contributed by atoms with Crippen molar-refractivity contribution in [3.8, 4) is 5.75 Å². The molecule has 1 aliphatic rings. The molecule has 3 rings (SSSR count). The second kappa shape index (κ2) is 7.40. The second-order valence-electron chi connectivity index (χ2n) is 9.35. The van der Waals surface area contributed by atoms with Crippen LogP contribution < -0.4 is 10.5 Å². The highest BCUT2D eigenvalue weighted by Crippen LogP contribution is 2.39. The van der Waals surface area contributed by atoms with E-state index < -0.39 is 5.54 Å². The maximum absolute atomic E-state index is 15.0. The Hall–Kier alpha value is -1.65. The summed E-state index contributed by atoms with van der Waals surface area (Å²) in [6.45, 7) is 8.47. The summed E-state index contributed by atoms with van der Waals surface area (Å²) >= 11 is 0. The van der Waals surface area contributed by atoms with Crippen LogP contribution in [0.15, 0.2) is 30.3 Å². The average molecular weight is 374 g/mol. The molecule has 27 heavy (non-hydrogen) atoms. The largest absolute Gasteiger partial charge is 0.487 e. The van der Waals surface area contributed by atoms with Gasteiger partial charge in [-0.3, -0.25) is 0 Å². The molecule has 0 radical (unpaired) electrons. The first-order valence-corrected chi connectivity index (χ1v) is 9.91. The number of rotatable bonds is 4. The number of fused-ring (bicyclic) bond motifs is 1. The molecule has 0 amide bonds. The fourth-order valence-electron chi connectivity index (χ4n) is 4.04. The van der Waals surface area contributed by atoms with Crippen molar-refractivity contribution in [3.63, 3.8) is 0 Å². The molecule has 4 heteroatoms. The Morgan fingerprint density at radius 3 is 2.33 bits per heavy atom. The number of halogens is 1. The number of ether oxygens (including phenoxy) is 1. The summed E-state index contributed by atoms with van der Waals surface area (Å²) in [6.07, 6.45) is 4.28. The Balaban J connectivity index is 1.77. The van der Waals surface area contributed by atoms with E-state index in [9.17, 15) is 9.50 Å². The quantitative estimate of drug-likeness (QED) is 0.781. The van der Waals surface area contributed by atoms with Crippen LogP contribution in [-0.4, -0.2) is 17.8 Å². The molecule has 2 aromatic carbocycles. The van der Waals surface area contributed by atoms with Crippen molar-refractivity contribution in [3.05, 3.63) is 41.7 Å². The predicted octanol–water partition coefficient (Wildman–Crippen LogP) is 5.13. The van der Waals surface area contributed by atoms with Crippen LogP contribution in [0.3, 0.4) is 0 Å². The maximum Gasteiger partial charge on any atom is 0.172 e. The summed E-state index contributed by atoms with van der Waals surface area (Å²) < 4.78 is 21.0. The van der Waals surface area contributed by atoms with E-state index in [1.54, 1.807) is 25.1 Å². The molecule has 1 atom stereocenters. The van der Waals surface area contributed by atoms with Crippen molar-refractivity contribution in [2.45, 2.75) is 65.0 Å².